The summed E-state index contributed by atoms with van der Waals surface area (Å²) in [6.07, 6.45) is 0.132. The maximum absolute atomic E-state index is 12.1. The Morgan fingerprint density at radius 1 is 1.58 bits per heavy atom. The molecule has 2 aromatic heterocycles. The fourth-order valence-corrected chi connectivity index (χ4v) is 3.11. The van der Waals surface area contributed by atoms with Crippen LogP contribution in [0.15, 0.2) is 11.1 Å². The number of rotatable bonds is 4. The molecule has 0 spiro atoms. The van der Waals surface area contributed by atoms with E-state index in [1.165, 1.54) is 0 Å². The summed E-state index contributed by atoms with van der Waals surface area (Å²) in [6.45, 7) is 6.20. The molecule has 0 saturated carbocycles. The Kier molecular flexibility index (Phi) is 4.33. The SMILES string of the molecule is CC(C)OC[C@H]1[C@@H](O)[C@H](n2c[n+](C)c3c(=O)[nH]c(N)nc32)O[C@@H]1C. The largest absolute Gasteiger partial charge is 0.386 e. The van der Waals surface area contributed by atoms with Crippen molar-refractivity contribution >= 4 is 17.1 Å². The number of anilines is 1. The van der Waals surface area contributed by atoms with Gasteiger partial charge < -0.3 is 20.3 Å². The molecule has 0 aliphatic carbocycles. The minimum Gasteiger partial charge on any atom is -0.386 e. The number of nitrogens with one attached hydrogen (secondary N) is 1. The fourth-order valence-electron chi connectivity index (χ4n) is 3.11. The first-order valence-corrected chi connectivity index (χ1v) is 8.00. The first-order chi connectivity index (χ1) is 11.3. The molecule has 1 fully saturated rings. The summed E-state index contributed by atoms with van der Waals surface area (Å²) in [7, 11) is 1.73. The summed E-state index contributed by atoms with van der Waals surface area (Å²) in [5.74, 6) is -0.146. The molecule has 0 aromatic carbocycles. The molecule has 4 N–H and O–H groups in total. The third-order valence-corrected chi connectivity index (χ3v) is 4.37. The second-order valence-corrected chi connectivity index (χ2v) is 6.53. The molecule has 1 aliphatic rings. The van der Waals surface area contributed by atoms with Crippen molar-refractivity contribution in [3.63, 3.8) is 0 Å². The number of nitrogens with two attached hydrogens (primary N) is 1. The highest BCUT2D eigenvalue weighted by Crippen LogP contribution is 2.35. The molecule has 1 saturated heterocycles. The Hall–Kier alpha value is -1.97. The second-order valence-electron chi connectivity index (χ2n) is 6.53. The van der Waals surface area contributed by atoms with E-state index < -0.39 is 12.3 Å². The number of aliphatic hydroxyl groups is 1. The number of fused-ring (bicyclic) bond motifs is 1. The van der Waals surface area contributed by atoms with Crippen molar-refractivity contribution in [1.82, 2.24) is 14.5 Å². The molecule has 0 radical (unpaired) electrons. The monoisotopic (exact) mass is 338 g/mol. The number of aromatic amines is 1. The van der Waals surface area contributed by atoms with Crippen LogP contribution < -0.4 is 15.9 Å². The Bertz CT molecular complexity index is 799. The number of nitrogens with zero attached hydrogens (tertiary/aromatic N) is 3. The van der Waals surface area contributed by atoms with Gasteiger partial charge in [-0.15, -0.1) is 0 Å². The predicted molar refractivity (Wildman–Crippen MR) is 86.1 cm³/mol. The molecule has 132 valence electrons. The summed E-state index contributed by atoms with van der Waals surface area (Å²) >= 11 is 0. The van der Waals surface area contributed by atoms with E-state index in [-0.39, 0.29) is 29.6 Å². The number of H-pyrrole nitrogens is 1. The molecule has 1 aliphatic heterocycles. The van der Waals surface area contributed by atoms with Crippen LogP contribution in [-0.4, -0.2) is 44.6 Å². The molecule has 24 heavy (non-hydrogen) atoms. The maximum atomic E-state index is 12.1. The lowest BCUT2D eigenvalue weighted by molar-refractivity contribution is -0.646. The molecule has 0 bridgehead atoms. The van der Waals surface area contributed by atoms with Gasteiger partial charge in [0.05, 0.1) is 25.9 Å². The first kappa shape index (κ1) is 16.9. The first-order valence-electron chi connectivity index (χ1n) is 8.00. The van der Waals surface area contributed by atoms with Gasteiger partial charge in [-0.3, -0.25) is 9.78 Å². The van der Waals surface area contributed by atoms with Crippen LogP contribution in [0.2, 0.25) is 0 Å². The average Bonchev–Trinajstić information content (AvgIpc) is 2.94. The van der Waals surface area contributed by atoms with Gasteiger partial charge in [-0.05, 0) is 20.8 Å². The molecular formula is C15H24N5O4+. The average molecular weight is 338 g/mol. The molecule has 9 nitrogen and oxygen atoms in total. The van der Waals surface area contributed by atoms with Gasteiger partial charge in [0.2, 0.25) is 18.5 Å². The van der Waals surface area contributed by atoms with Crippen LogP contribution in [0.5, 0.6) is 0 Å². The third kappa shape index (κ3) is 2.79. The molecule has 3 rings (SSSR count). The number of aryl methyl sites for hydroxylation is 1. The van der Waals surface area contributed by atoms with Crippen LogP contribution in [0, 0.1) is 5.92 Å². The minimum absolute atomic E-state index is 0.0210. The Balaban J connectivity index is 1.98. The molecule has 2 aromatic rings. The number of aliphatic hydroxyl groups excluding tert-OH is 1. The van der Waals surface area contributed by atoms with Gasteiger partial charge in [0.1, 0.15) is 6.10 Å². The number of nitrogen functional groups attached to an aromatic ring is 1. The summed E-state index contributed by atoms with van der Waals surface area (Å²) in [6, 6.07) is 0. The smallest absolute Gasteiger partial charge is 0.304 e. The lowest BCUT2D eigenvalue weighted by Crippen LogP contribution is -2.32. The van der Waals surface area contributed by atoms with Crippen molar-refractivity contribution in [2.45, 2.75) is 45.3 Å². The highest BCUT2D eigenvalue weighted by atomic mass is 16.5. The van der Waals surface area contributed by atoms with Crippen LogP contribution in [0.4, 0.5) is 5.95 Å². The van der Waals surface area contributed by atoms with Gasteiger partial charge in [-0.25, -0.2) is 4.57 Å². The number of ether oxygens (including phenoxy) is 2. The predicted octanol–water partition coefficient (Wildman–Crippen LogP) is -0.549. The van der Waals surface area contributed by atoms with E-state index in [0.29, 0.717) is 17.8 Å². The van der Waals surface area contributed by atoms with Crippen LogP contribution in [0.25, 0.3) is 11.2 Å². The quantitative estimate of drug-likeness (QED) is 0.644. The Morgan fingerprint density at radius 3 is 2.96 bits per heavy atom. The van der Waals surface area contributed by atoms with Gasteiger partial charge in [0.15, 0.2) is 0 Å². The second kappa shape index (κ2) is 6.15. The highest BCUT2D eigenvalue weighted by molar-refractivity contribution is 5.66. The van der Waals surface area contributed by atoms with Crippen LogP contribution in [-0.2, 0) is 16.5 Å². The topological polar surface area (TPSA) is 119 Å². The van der Waals surface area contributed by atoms with E-state index in [4.69, 9.17) is 15.2 Å². The van der Waals surface area contributed by atoms with Crippen molar-refractivity contribution in [1.29, 1.82) is 0 Å². The number of hydrogen-bond acceptors (Lipinski definition) is 6. The van der Waals surface area contributed by atoms with E-state index >= 15 is 0 Å². The zero-order valence-corrected chi connectivity index (χ0v) is 14.3. The maximum Gasteiger partial charge on any atom is 0.304 e. The molecule has 9 heteroatoms. The molecule has 0 amide bonds. The Labute approximate surface area is 139 Å². The zero-order chi connectivity index (χ0) is 17.6. The van der Waals surface area contributed by atoms with Crippen LogP contribution in [0.1, 0.15) is 27.0 Å². The van der Waals surface area contributed by atoms with E-state index in [0.717, 1.165) is 0 Å². The lowest BCUT2D eigenvalue weighted by atomic mass is 10.00. The van der Waals surface area contributed by atoms with Crippen LogP contribution >= 0.6 is 0 Å². The number of aromatic nitrogens is 4. The summed E-state index contributed by atoms with van der Waals surface area (Å²) in [5.41, 5.74) is 6.07. The Morgan fingerprint density at radius 2 is 2.29 bits per heavy atom. The zero-order valence-electron chi connectivity index (χ0n) is 14.3. The van der Waals surface area contributed by atoms with Gasteiger partial charge in [-0.1, -0.05) is 0 Å². The number of imidazole rings is 1. The summed E-state index contributed by atoms with van der Waals surface area (Å²) < 4.78 is 14.9. The normalized spacial score (nSPS) is 27.4. The van der Waals surface area contributed by atoms with Crippen LogP contribution in [0.3, 0.4) is 0 Å². The molecule has 4 atom stereocenters. The minimum atomic E-state index is -0.781. The van der Waals surface area contributed by atoms with Gasteiger partial charge in [-0.2, -0.15) is 9.55 Å². The standard InChI is InChI=1S/C15H23N5O4/c1-7(2)23-5-9-8(3)24-14(11(9)21)20-6-19(4)10-12(20)17-15(16)18-13(10)22/h6-9,11,14,21H,5H2,1-4H3,(H2-,16,17,18,22)/p+1/t8-,9-,11-,14-/m1/s1. The molecular weight excluding hydrogens is 314 g/mol. The highest BCUT2D eigenvalue weighted by Gasteiger charge is 2.46. The van der Waals surface area contributed by atoms with Gasteiger partial charge in [0, 0.05) is 5.92 Å². The fraction of sp³-hybridized carbons (Fsp3) is 0.667. The van der Waals surface area contributed by atoms with Gasteiger partial charge in [0.25, 0.3) is 11.2 Å². The van der Waals surface area contributed by atoms with E-state index in [9.17, 15) is 9.90 Å². The lowest BCUT2D eigenvalue weighted by Gasteiger charge is -2.18. The summed E-state index contributed by atoms with van der Waals surface area (Å²) in [4.78, 5) is 18.8. The van der Waals surface area contributed by atoms with E-state index in [1.54, 1.807) is 22.5 Å². The molecule has 3 heterocycles. The third-order valence-electron chi connectivity index (χ3n) is 4.37. The summed E-state index contributed by atoms with van der Waals surface area (Å²) in [5, 5.41) is 10.7. The molecule has 0 unspecified atom stereocenters. The van der Waals surface area contributed by atoms with E-state index in [1.807, 2.05) is 20.8 Å². The van der Waals surface area contributed by atoms with Crippen molar-refractivity contribution in [3.05, 3.63) is 16.7 Å². The van der Waals surface area contributed by atoms with E-state index in [2.05, 4.69) is 9.97 Å². The van der Waals surface area contributed by atoms with Crippen molar-refractivity contribution < 1.29 is 19.1 Å². The van der Waals surface area contributed by atoms with Crippen molar-refractivity contribution in [2.75, 3.05) is 12.3 Å². The van der Waals surface area contributed by atoms with Crippen molar-refractivity contribution in [3.8, 4) is 0 Å². The van der Waals surface area contributed by atoms with Crippen molar-refractivity contribution in [2.24, 2.45) is 13.0 Å². The number of hydrogen-bond donors (Lipinski definition) is 3. The van der Waals surface area contributed by atoms with Gasteiger partial charge >= 0.3 is 5.56 Å².